The van der Waals surface area contributed by atoms with Gasteiger partial charge in [0.2, 0.25) is 0 Å². The summed E-state index contributed by atoms with van der Waals surface area (Å²) >= 11 is 6.06. The van der Waals surface area contributed by atoms with E-state index in [1.807, 2.05) is 6.07 Å². The number of hydrogen-bond donors (Lipinski definition) is 0. The highest BCUT2D eigenvalue weighted by Gasteiger charge is 2.33. The molecule has 4 heteroatoms. The number of hydrogen-bond acceptors (Lipinski definition) is 3. The lowest BCUT2D eigenvalue weighted by Crippen LogP contribution is -2.32. The minimum absolute atomic E-state index is 0.356. The maximum absolute atomic E-state index is 6.06. The van der Waals surface area contributed by atoms with E-state index in [1.54, 1.807) is 0 Å². The third-order valence-electron chi connectivity index (χ3n) is 3.20. The van der Waals surface area contributed by atoms with Crippen LogP contribution in [-0.4, -0.2) is 16.6 Å². The predicted molar refractivity (Wildman–Crippen MR) is 68.2 cm³/mol. The first kappa shape index (κ1) is 12.8. The van der Waals surface area contributed by atoms with Crippen LogP contribution in [0.1, 0.15) is 51.0 Å². The maximum atomic E-state index is 6.06. The van der Waals surface area contributed by atoms with Crippen LogP contribution < -0.4 is 0 Å². The van der Waals surface area contributed by atoms with Gasteiger partial charge in [0.05, 0.1) is 0 Å². The summed E-state index contributed by atoms with van der Waals surface area (Å²) in [6.45, 7) is 4.98. The van der Waals surface area contributed by atoms with Crippen molar-refractivity contribution in [3.8, 4) is 0 Å². The van der Waals surface area contributed by atoms with E-state index in [0.29, 0.717) is 5.15 Å². The van der Waals surface area contributed by atoms with Gasteiger partial charge >= 0.3 is 0 Å². The number of nitrogens with zero attached hydrogens (tertiary/aromatic N) is 2. The Morgan fingerprint density at radius 1 is 1.41 bits per heavy atom. The lowest BCUT2D eigenvalue weighted by Gasteiger charge is -2.32. The van der Waals surface area contributed by atoms with Crippen LogP contribution in [0.25, 0.3) is 0 Å². The van der Waals surface area contributed by atoms with Crippen molar-refractivity contribution in [2.45, 2.75) is 51.6 Å². The van der Waals surface area contributed by atoms with Crippen molar-refractivity contribution in [3.05, 3.63) is 22.7 Å². The van der Waals surface area contributed by atoms with Gasteiger partial charge in [0.15, 0.2) is 5.82 Å². The first-order valence-electron chi connectivity index (χ1n) is 6.32. The number of ether oxygens (including phenoxy) is 1. The van der Waals surface area contributed by atoms with Crippen LogP contribution in [0, 0.1) is 0 Å². The van der Waals surface area contributed by atoms with Gasteiger partial charge in [-0.05, 0) is 38.7 Å². The first-order valence-corrected chi connectivity index (χ1v) is 6.70. The molecule has 2 heterocycles. The normalized spacial score (nSPS) is 24.9. The van der Waals surface area contributed by atoms with Crippen molar-refractivity contribution in [2.24, 2.45) is 0 Å². The van der Waals surface area contributed by atoms with Gasteiger partial charge in [-0.1, -0.05) is 24.9 Å². The molecular weight excluding hydrogens is 236 g/mol. The lowest BCUT2D eigenvalue weighted by molar-refractivity contribution is -0.0761. The van der Waals surface area contributed by atoms with Gasteiger partial charge in [-0.15, -0.1) is 0 Å². The van der Waals surface area contributed by atoms with Gasteiger partial charge in [0.1, 0.15) is 10.8 Å². The molecule has 3 nitrogen and oxygen atoms in total. The SMILES string of the molecule is CCCc1cc(Cl)nc(C2(C)CCCCO2)n1. The van der Waals surface area contributed by atoms with Crippen LogP contribution in [0.3, 0.4) is 0 Å². The standard InChI is InChI=1S/C13H19ClN2O/c1-3-6-10-9-11(14)16-12(15-10)13(2)7-4-5-8-17-13/h9H,3-8H2,1-2H3. The average molecular weight is 255 g/mol. The largest absolute Gasteiger partial charge is 0.367 e. The maximum Gasteiger partial charge on any atom is 0.161 e. The van der Waals surface area contributed by atoms with E-state index in [4.69, 9.17) is 16.3 Å². The van der Waals surface area contributed by atoms with E-state index >= 15 is 0 Å². The molecule has 0 aliphatic carbocycles. The molecule has 1 aromatic heterocycles. The van der Waals surface area contributed by atoms with Crippen molar-refractivity contribution in [1.29, 1.82) is 0 Å². The van der Waals surface area contributed by atoms with Crippen LogP contribution >= 0.6 is 11.6 Å². The number of halogens is 1. The fourth-order valence-electron chi connectivity index (χ4n) is 2.20. The van der Waals surface area contributed by atoms with E-state index in [0.717, 1.165) is 50.2 Å². The molecule has 17 heavy (non-hydrogen) atoms. The molecule has 0 amide bonds. The molecule has 1 atom stereocenters. The summed E-state index contributed by atoms with van der Waals surface area (Å²) in [5.74, 6) is 0.744. The highest BCUT2D eigenvalue weighted by Crippen LogP contribution is 2.33. The molecule has 1 unspecified atom stereocenters. The molecule has 0 saturated carbocycles. The van der Waals surface area contributed by atoms with Crippen molar-refractivity contribution in [3.63, 3.8) is 0 Å². The van der Waals surface area contributed by atoms with Gasteiger partial charge in [-0.2, -0.15) is 0 Å². The molecule has 1 aromatic rings. The molecule has 1 aliphatic heterocycles. The minimum Gasteiger partial charge on any atom is -0.367 e. The second kappa shape index (κ2) is 5.32. The number of aryl methyl sites for hydroxylation is 1. The predicted octanol–water partition coefficient (Wildman–Crippen LogP) is 3.50. The monoisotopic (exact) mass is 254 g/mol. The van der Waals surface area contributed by atoms with E-state index < -0.39 is 0 Å². The average Bonchev–Trinajstić information content (AvgIpc) is 2.30. The van der Waals surface area contributed by atoms with Crippen LogP contribution in [0.15, 0.2) is 6.07 Å². The summed E-state index contributed by atoms with van der Waals surface area (Å²) in [4.78, 5) is 8.94. The topological polar surface area (TPSA) is 35.0 Å². The fourth-order valence-corrected chi connectivity index (χ4v) is 2.40. The summed E-state index contributed by atoms with van der Waals surface area (Å²) in [5, 5.41) is 0.522. The summed E-state index contributed by atoms with van der Waals surface area (Å²) in [5.41, 5.74) is 0.656. The number of aromatic nitrogens is 2. The van der Waals surface area contributed by atoms with E-state index in [9.17, 15) is 0 Å². The molecule has 0 N–H and O–H groups in total. The molecule has 1 saturated heterocycles. The molecule has 0 radical (unpaired) electrons. The molecule has 2 rings (SSSR count). The summed E-state index contributed by atoms with van der Waals surface area (Å²) in [6.07, 6.45) is 5.25. The van der Waals surface area contributed by atoms with Gasteiger partial charge < -0.3 is 4.74 Å². The zero-order chi connectivity index (χ0) is 12.3. The van der Waals surface area contributed by atoms with Gasteiger partial charge in [0.25, 0.3) is 0 Å². The van der Waals surface area contributed by atoms with Gasteiger partial charge in [0, 0.05) is 12.3 Å². The smallest absolute Gasteiger partial charge is 0.161 e. The van der Waals surface area contributed by atoms with Crippen molar-refractivity contribution >= 4 is 11.6 Å². The zero-order valence-electron chi connectivity index (χ0n) is 10.5. The first-order chi connectivity index (χ1) is 8.14. The Kier molecular flexibility index (Phi) is 4.00. The second-order valence-corrected chi connectivity index (χ2v) is 5.18. The highest BCUT2D eigenvalue weighted by atomic mass is 35.5. The lowest BCUT2D eigenvalue weighted by atomic mass is 9.95. The van der Waals surface area contributed by atoms with Crippen molar-refractivity contribution in [1.82, 2.24) is 9.97 Å². The Bertz CT molecular complexity index is 389. The Hall–Kier alpha value is -0.670. The van der Waals surface area contributed by atoms with Gasteiger partial charge in [-0.25, -0.2) is 9.97 Å². The highest BCUT2D eigenvalue weighted by molar-refractivity contribution is 6.29. The Balaban J connectivity index is 2.30. The third-order valence-corrected chi connectivity index (χ3v) is 3.39. The molecule has 0 aromatic carbocycles. The van der Waals surface area contributed by atoms with Crippen molar-refractivity contribution < 1.29 is 4.74 Å². The Morgan fingerprint density at radius 2 is 2.24 bits per heavy atom. The second-order valence-electron chi connectivity index (χ2n) is 4.79. The minimum atomic E-state index is -0.356. The number of rotatable bonds is 3. The Labute approximate surface area is 108 Å². The third kappa shape index (κ3) is 2.96. The molecule has 1 aliphatic rings. The quantitative estimate of drug-likeness (QED) is 0.775. The fraction of sp³-hybridized carbons (Fsp3) is 0.692. The van der Waals surface area contributed by atoms with Gasteiger partial charge in [-0.3, -0.25) is 0 Å². The molecule has 94 valence electrons. The van der Waals surface area contributed by atoms with E-state index in [2.05, 4.69) is 23.8 Å². The summed E-state index contributed by atoms with van der Waals surface area (Å²) < 4.78 is 5.86. The zero-order valence-corrected chi connectivity index (χ0v) is 11.3. The molecule has 0 bridgehead atoms. The molecular formula is C13H19ClN2O. The molecule has 1 fully saturated rings. The van der Waals surface area contributed by atoms with Crippen LogP contribution in [0.4, 0.5) is 0 Å². The Morgan fingerprint density at radius 3 is 2.88 bits per heavy atom. The van der Waals surface area contributed by atoms with Crippen LogP contribution in [0.5, 0.6) is 0 Å². The van der Waals surface area contributed by atoms with E-state index in [-0.39, 0.29) is 5.60 Å². The van der Waals surface area contributed by atoms with Crippen LogP contribution in [-0.2, 0) is 16.8 Å². The molecule has 0 spiro atoms. The summed E-state index contributed by atoms with van der Waals surface area (Å²) in [6, 6.07) is 1.85. The van der Waals surface area contributed by atoms with E-state index in [1.165, 1.54) is 0 Å². The van der Waals surface area contributed by atoms with Crippen molar-refractivity contribution in [2.75, 3.05) is 6.61 Å². The summed E-state index contributed by atoms with van der Waals surface area (Å²) in [7, 11) is 0. The van der Waals surface area contributed by atoms with Crippen LogP contribution in [0.2, 0.25) is 5.15 Å².